The Bertz CT molecular complexity index is 1730. The summed E-state index contributed by atoms with van der Waals surface area (Å²) in [5.74, 6) is -16.1. The molecule has 2 aliphatic carbocycles. The highest BCUT2D eigenvalue weighted by Gasteiger charge is 2.35. The van der Waals surface area contributed by atoms with Crippen LogP contribution >= 0.6 is 0 Å². The molecule has 11 nitrogen and oxygen atoms in total. The van der Waals surface area contributed by atoms with Crippen molar-refractivity contribution in [3.05, 3.63) is 86.5 Å². The maximum Gasteiger partial charge on any atom is 0.514 e. The van der Waals surface area contributed by atoms with E-state index in [9.17, 15) is 51.3 Å². The molecule has 0 saturated carbocycles. The van der Waals surface area contributed by atoms with Gasteiger partial charge in [-0.1, -0.05) is 12.1 Å². The number of Topliss-reactive ketones (excluding diaryl/α,β-unsaturated/α-hetero) is 1. The second-order valence-electron chi connectivity index (χ2n) is 10.4. The molecule has 0 aromatic heterocycles. The standard InChI is InChI=1S/C30H23F5O9.C3H8O.CH4O/c1-12-14(4-3-5-21(12)42-2)27(39)22-17(10-36)26(38)15-7-6-13(8-16(15)28(22)40)20(37)11-43-30(41)44-29-19(32)9-18(31)23(33)24(34)25(29)35;1-3-4-2;1-2/h3-5,10,13,38,40H,6-9,11H2,1-2H3;3H2,1-2H3;2H,1H3. The second kappa shape index (κ2) is 18.6. The van der Waals surface area contributed by atoms with Crippen LogP contribution in [0.5, 0.6) is 17.2 Å². The van der Waals surface area contributed by atoms with Crippen LogP contribution in [-0.4, -0.2) is 73.9 Å². The molecule has 272 valence electrons. The summed E-state index contributed by atoms with van der Waals surface area (Å²) in [6.45, 7) is 3.33. The van der Waals surface area contributed by atoms with E-state index >= 15 is 0 Å². The molecule has 0 fully saturated rings. The van der Waals surface area contributed by atoms with Crippen LogP contribution in [0.3, 0.4) is 0 Å². The molecule has 0 saturated heterocycles. The molecule has 0 bridgehead atoms. The summed E-state index contributed by atoms with van der Waals surface area (Å²) in [5, 5.41) is 29.0. The van der Waals surface area contributed by atoms with Crippen molar-refractivity contribution in [3.63, 3.8) is 0 Å². The molecule has 4 rings (SSSR count). The third kappa shape index (κ3) is 8.92. The maximum absolute atomic E-state index is 14.0. The van der Waals surface area contributed by atoms with Gasteiger partial charge in [-0.3, -0.25) is 14.4 Å². The van der Waals surface area contributed by atoms with E-state index in [0.717, 1.165) is 13.7 Å². The van der Waals surface area contributed by atoms with E-state index in [2.05, 4.69) is 14.2 Å². The van der Waals surface area contributed by atoms with E-state index in [-0.39, 0.29) is 42.2 Å². The van der Waals surface area contributed by atoms with Crippen molar-refractivity contribution in [1.29, 1.82) is 0 Å². The van der Waals surface area contributed by atoms with Gasteiger partial charge in [0.05, 0.1) is 24.7 Å². The highest BCUT2D eigenvalue weighted by atomic mass is 19.2. The van der Waals surface area contributed by atoms with Gasteiger partial charge in [0.25, 0.3) is 0 Å². The van der Waals surface area contributed by atoms with Gasteiger partial charge in [0.2, 0.25) is 17.4 Å². The third-order valence-corrected chi connectivity index (χ3v) is 7.63. The highest BCUT2D eigenvalue weighted by Crippen LogP contribution is 2.44. The topological polar surface area (TPSA) is 166 Å². The Balaban J connectivity index is 0.00000135. The van der Waals surface area contributed by atoms with Crippen LogP contribution in [0.1, 0.15) is 62.7 Å². The molecule has 1 unspecified atom stereocenters. The van der Waals surface area contributed by atoms with Crippen molar-refractivity contribution in [2.24, 2.45) is 5.92 Å². The predicted octanol–water partition coefficient (Wildman–Crippen LogP) is 6.43. The first-order valence-electron chi connectivity index (χ1n) is 14.8. The number of phenols is 2. The molecule has 0 amide bonds. The van der Waals surface area contributed by atoms with Crippen LogP contribution in [0.15, 0.2) is 53.1 Å². The van der Waals surface area contributed by atoms with Gasteiger partial charge in [-0.15, -0.1) is 0 Å². The summed E-state index contributed by atoms with van der Waals surface area (Å²) in [4.78, 5) is 50.3. The number of allylic oxidation sites excluding steroid dienone is 5. The van der Waals surface area contributed by atoms with Gasteiger partial charge in [-0.05, 0) is 39.2 Å². The fourth-order valence-electron chi connectivity index (χ4n) is 5.03. The van der Waals surface area contributed by atoms with Crippen LogP contribution in [0.4, 0.5) is 26.7 Å². The van der Waals surface area contributed by atoms with Gasteiger partial charge in [-0.25, -0.2) is 22.4 Å². The van der Waals surface area contributed by atoms with E-state index in [1.54, 1.807) is 20.1 Å². The smallest absolute Gasteiger partial charge is 0.507 e. The summed E-state index contributed by atoms with van der Waals surface area (Å²) in [6.07, 6.45) is -3.48. The fraction of sp³-hybridized carbons (Fsp3) is 0.353. The lowest BCUT2D eigenvalue weighted by Gasteiger charge is -2.27. The van der Waals surface area contributed by atoms with Crippen molar-refractivity contribution < 1.29 is 75.4 Å². The minimum atomic E-state index is -2.44. The van der Waals surface area contributed by atoms with Gasteiger partial charge >= 0.3 is 6.16 Å². The molecule has 0 radical (unpaired) electrons. The zero-order valence-corrected chi connectivity index (χ0v) is 27.6. The number of aldehydes is 1. The van der Waals surface area contributed by atoms with Crippen LogP contribution in [0.2, 0.25) is 0 Å². The normalized spacial score (nSPS) is 15.5. The van der Waals surface area contributed by atoms with Crippen LogP contribution in [-0.2, 0) is 31.8 Å². The number of methoxy groups -OCH3 is 2. The Kier molecular flexibility index (Phi) is 15.3. The molecule has 0 spiro atoms. The number of fused-ring (bicyclic) bond motifs is 1. The van der Waals surface area contributed by atoms with E-state index in [1.807, 2.05) is 6.92 Å². The Hall–Kier alpha value is -5.09. The first-order chi connectivity index (χ1) is 23.7. The molecular weight excluding hydrogens is 679 g/mol. The van der Waals surface area contributed by atoms with E-state index in [1.165, 1.54) is 19.2 Å². The van der Waals surface area contributed by atoms with E-state index in [0.29, 0.717) is 11.3 Å². The average Bonchev–Trinajstić information content (AvgIpc) is 3.19. The zero-order valence-electron chi connectivity index (χ0n) is 27.6. The zero-order chi connectivity index (χ0) is 37.9. The van der Waals surface area contributed by atoms with Crippen LogP contribution < -0.4 is 4.74 Å². The molecule has 2 aromatic carbocycles. The Morgan fingerprint density at radius 3 is 2.16 bits per heavy atom. The molecule has 3 N–H and O–H groups in total. The van der Waals surface area contributed by atoms with Gasteiger partial charge in [0, 0.05) is 49.0 Å². The molecule has 1 atom stereocenters. The number of benzene rings is 2. The van der Waals surface area contributed by atoms with Crippen molar-refractivity contribution in [2.45, 2.75) is 39.5 Å². The number of hydrogen-bond donors (Lipinski definition) is 3. The van der Waals surface area contributed by atoms with Crippen LogP contribution in [0.25, 0.3) is 0 Å². The summed E-state index contributed by atoms with van der Waals surface area (Å²) < 4.78 is 87.0. The largest absolute Gasteiger partial charge is 0.514 e. The van der Waals surface area contributed by atoms with Gasteiger partial charge in [-0.2, -0.15) is 4.39 Å². The summed E-state index contributed by atoms with van der Waals surface area (Å²) in [7, 11) is 4.07. The van der Waals surface area contributed by atoms with Gasteiger partial charge in [0.1, 0.15) is 23.1 Å². The first-order valence-corrected chi connectivity index (χ1v) is 14.8. The van der Waals surface area contributed by atoms with Crippen molar-refractivity contribution >= 4 is 24.0 Å². The third-order valence-electron chi connectivity index (χ3n) is 7.63. The monoisotopic (exact) mass is 714 g/mol. The Morgan fingerprint density at radius 2 is 1.58 bits per heavy atom. The van der Waals surface area contributed by atoms with Gasteiger partial charge < -0.3 is 34.3 Å². The number of aliphatic hydroxyl groups is 1. The maximum atomic E-state index is 14.0. The van der Waals surface area contributed by atoms with E-state index < -0.39 is 94.2 Å². The number of aromatic hydroxyl groups is 2. The highest BCUT2D eigenvalue weighted by molar-refractivity contribution is 6.16. The SMILES string of the molecule is CCOC.CO.COc1cccc(C(=O)c2c(O)c3c(c(O)c2C=O)CCC(C(=O)COC(=O)OC2=C(F)CC(F)=C(F)C(F)=C2F)C3)c1C. The molecule has 2 aromatic rings. The molecule has 0 heterocycles. The number of carbonyl (C=O) groups excluding carboxylic acids is 4. The van der Waals surface area contributed by atoms with Gasteiger partial charge in [0.15, 0.2) is 36.1 Å². The number of rotatable bonds is 9. The molecule has 16 heteroatoms. The molecule has 0 aliphatic heterocycles. The fourth-order valence-corrected chi connectivity index (χ4v) is 5.03. The number of halogens is 5. The number of ether oxygens (including phenoxy) is 4. The summed E-state index contributed by atoms with van der Waals surface area (Å²) in [6, 6.07) is 4.55. The van der Waals surface area contributed by atoms with Crippen LogP contribution in [0, 0.1) is 12.8 Å². The number of aliphatic hydroxyl groups excluding tert-OH is 1. The van der Waals surface area contributed by atoms with Crippen molar-refractivity contribution in [3.8, 4) is 17.2 Å². The number of phenolic OH excluding ortho intramolecular Hbond substituents is 2. The van der Waals surface area contributed by atoms with Crippen molar-refractivity contribution in [2.75, 3.05) is 34.5 Å². The predicted molar refractivity (Wildman–Crippen MR) is 166 cm³/mol. The summed E-state index contributed by atoms with van der Waals surface area (Å²) >= 11 is 0. The lowest BCUT2D eigenvalue weighted by molar-refractivity contribution is -0.126. The second-order valence-corrected chi connectivity index (χ2v) is 10.4. The minimum absolute atomic E-state index is 0.00547. The first kappa shape index (κ1) is 41.1. The van der Waals surface area contributed by atoms with E-state index in [4.69, 9.17) is 9.84 Å². The summed E-state index contributed by atoms with van der Waals surface area (Å²) in [5.41, 5.74) is -0.351. The Labute approximate surface area is 283 Å². The molecule has 2 aliphatic rings. The average molecular weight is 715 g/mol. The molecular formula is C34H35F5O11. The lowest BCUT2D eigenvalue weighted by atomic mass is 9.78. The minimum Gasteiger partial charge on any atom is -0.507 e. The molecule has 50 heavy (non-hydrogen) atoms. The lowest BCUT2D eigenvalue weighted by Crippen LogP contribution is -2.28. The van der Waals surface area contributed by atoms with Crippen molar-refractivity contribution in [1.82, 2.24) is 0 Å². The Morgan fingerprint density at radius 1 is 0.940 bits per heavy atom. The number of hydrogen-bond acceptors (Lipinski definition) is 11. The quantitative estimate of drug-likeness (QED) is 0.0861. The number of ketones is 2. The number of carbonyl (C=O) groups is 4.